The Labute approximate surface area is 147 Å². The van der Waals surface area contributed by atoms with Crippen molar-refractivity contribution in [1.82, 2.24) is 16.2 Å². The molecule has 1 aromatic carbocycles. The zero-order valence-electron chi connectivity index (χ0n) is 13.8. The van der Waals surface area contributed by atoms with Crippen LogP contribution < -0.4 is 26.2 Å². The van der Waals surface area contributed by atoms with E-state index in [-0.39, 0.29) is 12.5 Å². The summed E-state index contributed by atoms with van der Waals surface area (Å²) >= 11 is 5.26. The van der Waals surface area contributed by atoms with Gasteiger partial charge in [-0.1, -0.05) is 6.42 Å². The lowest BCUT2D eigenvalue weighted by Gasteiger charge is -2.24. The number of hydrazine groups is 1. The Kier molecular flexibility index (Phi) is 5.40. The Morgan fingerprint density at radius 1 is 1.21 bits per heavy atom. The van der Waals surface area contributed by atoms with Crippen molar-refractivity contribution >= 4 is 28.9 Å². The summed E-state index contributed by atoms with van der Waals surface area (Å²) in [5, 5.41) is 6.86. The minimum atomic E-state index is -0.178. The van der Waals surface area contributed by atoms with E-state index < -0.39 is 0 Å². The van der Waals surface area contributed by atoms with Crippen LogP contribution in [0, 0.1) is 11.8 Å². The van der Waals surface area contributed by atoms with Gasteiger partial charge in [0.1, 0.15) is 5.75 Å². The van der Waals surface area contributed by atoms with Crippen LogP contribution in [0.2, 0.25) is 0 Å². The molecular formula is C17H24N4O2S. The van der Waals surface area contributed by atoms with Crippen LogP contribution >= 0.6 is 12.2 Å². The molecular weight excluding hydrogens is 324 g/mol. The second-order valence-electron chi connectivity index (χ2n) is 6.51. The van der Waals surface area contributed by atoms with Crippen LogP contribution in [-0.2, 0) is 4.79 Å². The van der Waals surface area contributed by atoms with Crippen LogP contribution in [0.3, 0.4) is 0 Å². The molecule has 0 aromatic heterocycles. The Morgan fingerprint density at radius 2 is 2.00 bits per heavy atom. The molecule has 0 saturated heterocycles. The summed E-state index contributed by atoms with van der Waals surface area (Å²) < 4.78 is 5.09. The van der Waals surface area contributed by atoms with E-state index in [0.717, 1.165) is 23.3 Å². The molecule has 1 aromatic rings. The number of rotatable bonds is 5. The van der Waals surface area contributed by atoms with Gasteiger partial charge in [0.25, 0.3) is 5.91 Å². The molecule has 0 unspecified atom stereocenters. The third-order valence-corrected chi connectivity index (χ3v) is 5.13. The molecule has 2 bridgehead atoms. The van der Waals surface area contributed by atoms with Gasteiger partial charge >= 0.3 is 0 Å². The van der Waals surface area contributed by atoms with E-state index in [0.29, 0.717) is 11.2 Å². The van der Waals surface area contributed by atoms with Crippen LogP contribution in [0.1, 0.15) is 25.7 Å². The number of amides is 1. The number of thiocarbonyl (C=S) groups is 1. The van der Waals surface area contributed by atoms with Crippen LogP contribution in [0.15, 0.2) is 24.3 Å². The van der Waals surface area contributed by atoms with Gasteiger partial charge in [-0.2, -0.15) is 0 Å². The lowest BCUT2D eigenvalue weighted by molar-refractivity contribution is -0.119. The van der Waals surface area contributed by atoms with Crippen molar-refractivity contribution in [2.45, 2.75) is 31.7 Å². The van der Waals surface area contributed by atoms with Gasteiger partial charge in [-0.15, -0.1) is 0 Å². The van der Waals surface area contributed by atoms with Crippen molar-refractivity contribution in [3.63, 3.8) is 0 Å². The zero-order chi connectivity index (χ0) is 16.9. The number of hydrogen-bond donors (Lipinski definition) is 4. The van der Waals surface area contributed by atoms with Crippen molar-refractivity contribution in [1.29, 1.82) is 0 Å². The molecule has 1 amide bonds. The molecule has 6 nitrogen and oxygen atoms in total. The van der Waals surface area contributed by atoms with Gasteiger partial charge in [-0.25, -0.2) is 0 Å². The van der Waals surface area contributed by atoms with Crippen molar-refractivity contribution in [3.05, 3.63) is 24.3 Å². The molecule has 0 spiro atoms. The minimum absolute atomic E-state index is 0.163. The smallest absolute Gasteiger partial charge is 0.257 e. The third kappa shape index (κ3) is 4.29. The first-order valence-electron chi connectivity index (χ1n) is 8.37. The number of fused-ring (bicyclic) bond motifs is 2. The van der Waals surface area contributed by atoms with Gasteiger partial charge in [-0.3, -0.25) is 15.6 Å². The average Bonchev–Trinajstić information content (AvgIpc) is 3.21. The molecule has 7 heteroatoms. The van der Waals surface area contributed by atoms with Crippen molar-refractivity contribution < 1.29 is 9.53 Å². The van der Waals surface area contributed by atoms with Crippen LogP contribution in [0.5, 0.6) is 5.75 Å². The number of anilines is 1. The van der Waals surface area contributed by atoms with Gasteiger partial charge in [0, 0.05) is 11.7 Å². The highest BCUT2D eigenvalue weighted by molar-refractivity contribution is 7.80. The molecule has 130 valence electrons. The molecule has 3 atom stereocenters. The highest BCUT2D eigenvalue weighted by atomic mass is 32.1. The van der Waals surface area contributed by atoms with E-state index in [1.54, 1.807) is 7.11 Å². The van der Waals surface area contributed by atoms with E-state index in [4.69, 9.17) is 17.0 Å². The maximum absolute atomic E-state index is 11.9. The van der Waals surface area contributed by atoms with E-state index in [2.05, 4.69) is 21.5 Å². The van der Waals surface area contributed by atoms with E-state index in [1.807, 2.05) is 24.3 Å². The fraction of sp³-hybridized carbons (Fsp3) is 0.529. The van der Waals surface area contributed by atoms with Crippen molar-refractivity contribution in [2.24, 2.45) is 11.8 Å². The molecule has 0 radical (unpaired) electrons. The van der Waals surface area contributed by atoms with Crippen molar-refractivity contribution in [3.8, 4) is 5.75 Å². The van der Waals surface area contributed by atoms with Gasteiger partial charge in [-0.05, 0) is 67.6 Å². The lowest BCUT2D eigenvalue weighted by atomic mass is 9.96. The number of hydrogen-bond acceptors (Lipinski definition) is 4. The normalized spacial score (nSPS) is 24.3. The fourth-order valence-electron chi connectivity index (χ4n) is 3.69. The standard InChI is InChI=1S/C17H24N4O2S/c1-23-14-6-4-13(5-7-14)18-10-16(22)20-21-17(24)19-15-9-11-2-3-12(15)8-11/h4-7,11-12,15,18H,2-3,8-10H2,1H3,(H,20,22)(H2,19,21,24)/t11-,12-,15+/m0/s1. The Bertz CT molecular complexity index is 593. The molecule has 2 aliphatic rings. The minimum Gasteiger partial charge on any atom is -0.497 e. The molecule has 2 saturated carbocycles. The van der Waals surface area contributed by atoms with Gasteiger partial charge in [0.15, 0.2) is 5.11 Å². The van der Waals surface area contributed by atoms with Gasteiger partial charge < -0.3 is 15.4 Å². The number of nitrogens with one attached hydrogen (secondary N) is 4. The first-order valence-corrected chi connectivity index (χ1v) is 8.78. The van der Waals surface area contributed by atoms with Crippen LogP contribution in [0.4, 0.5) is 5.69 Å². The Morgan fingerprint density at radius 3 is 2.62 bits per heavy atom. The first kappa shape index (κ1) is 16.8. The number of carbonyl (C=O) groups is 1. The average molecular weight is 348 g/mol. The molecule has 24 heavy (non-hydrogen) atoms. The topological polar surface area (TPSA) is 74.4 Å². The number of ether oxygens (including phenoxy) is 1. The molecule has 0 aliphatic heterocycles. The quantitative estimate of drug-likeness (QED) is 0.480. The summed E-state index contributed by atoms with van der Waals surface area (Å²) in [7, 11) is 1.62. The predicted molar refractivity (Wildman–Crippen MR) is 97.7 cm³/mol. The number of carbonyl (C=O) groups excluding carboxylic acids is 1. The maximum Gasteiger partial charge on any atom is 0.257 e. The van der Waals surface area contributed by atoms with E-state index >= 15 is 0 Å². The van der Waals surface area contributed by atoms with Crippen LogP contribution in [0.25, 0.3) is 0 Å². The molecule has 4 N–H and O–H groups in total. The monoisotopic (exact) mass is 348 g/mol. The summed E-state index contributed by atoms with van der Waals surface area (Å²) in [5.41, 5.74) is 6.25. The summed E-state index contributed by atoms with van der Waals surface area (Å²) in [6.07, 6.45) is 5.16. The van der Waals surface area contributed by atoms with E-state index in [9.17, 15) is 4.79 Å². The molecule has 0 heterocycles. The molecule has 2 aliphatic carbocycles. The van der Waals surface area contributed by atoms with Crippen molar-refractivity contribution in [2.75, 3.05) is 19.0 Å². The van der Waals surface area contributed by atoms with E-state index in [1.165, 1.54) is 25.7 Å². The first-order chi connectivity index (χ1) is 11.6. The number of methoxy groups -OCH3 is 1. The third-order valence-electron chi connectivity index (χ3n) is 4.91. The summed E-state index contributed by atoms with van der Waals surface area (Å²) in [4.78, 5) is 11.9. The summed E-state index contributed by atoms with van der Waals surface area (Å²) in [5.74, 6) is 2.20. The largest absolute Gasteiger partial charge is 0.497 e. The second-order valence-corrected chi connectivity index (χ2v) is 6.92. The highest BCUT2D eigenvalue weighted by Crippen LogP contribution is 2.44. The van der Waals surface area contributed by atoms with Crippen LogP contribution in [-0.4, -0.2) is 30.7 Å². The Balaban J connectivity index is 1.33. The lowest BCUT2D eigenvalue weighted by Crippen LogP contribution is -2.51. The maximum atomic E-state index is 11.9. The summed E-state index contributed by atoms with van der Waals surface area (Å²) in [6.45, 7) is 0.163. The SMILES string of the molecule is COc1ccc(NCC(=O)NNC(=S)N[C@@H]2C[C@H]3CC[C@H]2C3)cc1. The fourth-order valence-corrected chi connectivity index (χ4v) is 3.89. The molecule has 2 fully saturated rings. The van der Waals surface area contributed by atoms with Gasteiger partial charge in [0.05, 0.1) is 13.7 Å². The Hall–Kier alpha value is -2.02. The van der Waals surface area contributed by atoms with Gasteiger partial charge in [0.2, 0.25) is 0 Å². The number of benzene rings is 1. The zero-order valence-corrected chi connectivity index (χ0v) is 14.6. The summed E-state index contributed by atoms with van der Waals surface area (Å²) in [6, 6.07) is 7.86. The second kappa shape index (κ2) is 7.70. The highest BCUT2D eigenvalue weighted by Gasteiger charge is 2.39. The molecule has 3 rings (SSSR count). The predicted octanol–water partition coefficient (Wildman–Crippen LogP) is 1.79.